The molecule has 3 heterocycles. The fourth-order valence-corrected chi connectivity index (χ4v) is 3.42. The number of amides is 1. The van der Waals surface area contributed by atoms with Crippen molar-refractivity contribution in [3.63, 3.8) is 0 Å². The minimum Gasteiger partial charge on any atom is -0.479 e. The number of hydrogen-bond donors (Lipinski definition) is 1. The summed E-state index contributed by atoms with van der Waals surface area (Å²) in [5, 5.41) is 13.9. The third-order valence-corrected chi connectivity index (χ3v) is 4.94. The number of likely N-dealkylation sites (tertiary alicyclic amines) is 1. The van der Waals surface area contributed by atoms with Gasteiger partial charge in [0.1, 0.15) is 0 Å². The molecule has 0 spiro atoms. The van der Waals surface area contributed by atoms with E-state index in [2.05, 4.69) is 15.1 Å². The number of aromatic nitrogens is 4. The van der Waals surface area contributed by atoms with E-state index in [-0.39, 0.29) is 5.91 Å². The van der Waals surface area contributed by atoms with Crippen molar-refractivity contribution in [3.8, 4) is 0 Å². The molecule has 1 saturated heterocycles. The van der Waals surface area contributed by atoms with Gasteiger partial charge in [0.2, 0.25) is 0 Å². The van der Waals surface area contributed by atoms with Gasteiger partial charge in [0.15, 0.2) is 5.54 Å². The number of benzene rings is 1. The number of carboxylic acids is 1. The highest BCUT2D eigenvalue weighted by molar-refractivity contribution is 5.97. The van der Waals surface area contributed by atoms with Crippen molar-refractivity contribution < 1.29 is 14.7 Å². The molecule has 8 heteroatoms. The molecule has 1 aromatic carbocycles. The van der Waals surface area contributed by atoms with Gasteiger partial charge in [0.25, 0.3) is 5.91 Å². The molecule has 0 unspecified atom stereocenters. The number of piperidine rings is 1. The second-order valence-electron chi connectivity index (χ2n) is 6.34. The number of nitrogens with zero attached hydrogens (tertiary/aromatic N) is 5. The molecular formula is C18H17N5O3. The number of carbonyl (C=O) groups excluding carboxylic acids is 1. The Bertz CT molecular complexity index is 962. The predicted octanol–water partition coefficient (Wildman–Crippen LogP) is 1.54. The first-order valence-corrected chi connectivity index (χ1v) is 8.34. The largest absolute Gasteiger partial charge is 0.479 e. The molecular weight excluding hydrogens is 334 g/mol. The van der Waals surface area contributed by atoms with Gasteiger partial charge < -0.3 is 10.0 Å². The molecule has 1 aliphatic rings. The zero-order chi connectivity index (χ0) is 18.1. The molecule has 0 saturated carbocycles. The second kappa shape index (κ2) is 6.21. The van der Waals surface area contributed by atoms with Gasteiger partial charge in [-0.05, 0) is 24.3 Å². The third-order valence-electron chi connectivity index (χ3n) is 4.94. The van der Waals surface area contributed by atoms with Gasteiger partial charge in [0.05, 0.1) is 11.0 Å². The molecule has 8 nitrogen and oxygen atoms in total. The molecule has 1 fully saturated rings. The molecule has 1 amide bonds. The number of carboxylic acid groups (broad SMARTS) is 1. The van der Waals surface area contributed by atoms with E-state index in [0.717, 1.165) is 5.52 Å². The fourth-order valence-electron chi connectivity index (χ4n) is 3.42. The maximum atomic E-state index is 12.8. The fraction of sp³-hybridized carbons (Fsp3) is 0.278. The highest BCUT2D eigenvalue weighted by atomic mass is 16.4. The molecule has 2 aromatic heterocycles. The second-order valence-corrected chi connectivity index (χ2v) is 6.34. The normalized spacial score (nSPS) is 16.5. The summed E-state index contributed by atoms with van der Waals surface area (Å²) in [6.45, 7) is 0.701. The van der Waals surface area contributed by atoms with Crippen LogP contribution in [0.2, 0.25) is 0 Å². The van der Waals surface area contributed by atoms with E-state index in [1.54, 1.807) is 54.0 Å². The van der Waals surface area contributed by atoms with Crippen LogP contribution in [-0.2, 0) is 10.3 Å². The van der Waals surface area contributed by atoms with Crippen molar-refractivity contribution in [1.82, 2.24) is 24.6 Å². The van der Waals surface area contributed by atoms with Gasteiger partial charge in [-0.1, -0.05) is 0 Å². The molecule has 4 rings (SSSR count). The number of hydrogen-bond acceptors (Lipinski definition) is 5. The first-order chi connectivity index (χ1) is 12.6. The average molecular weight is 351 g/mol. The lowest BCUT2D eigenvalue weighted by Crippen LogP contribution is -2.52. The lowest BCUT2D eigenvalue weighted by atomic mass is 9.87. The zero-order valence-electron chi connectivity index (χ0n) is 13.9. The van der Waals surface area contributed by atoms with Crippen LogP contribution in [0.25, 0.3) is 11.0 Å². The van der Waals surface area contributed by atoms with E-state index >= 15 is 0 Å². The first-order valence-electron chi connectivity index (χ1n) is 8.34. The van der Waals surface area contributed by atoms with Crippen molar-refractivity contribution in [1.29, 1.82) is 0 Å². The first kappa shape index (κ1) is 16.2. The third kappa shape index (κ3) is 2.59. The molecule has 132 valence electrons. The highest BCUT2D eigenvalue weighted by Crippen LogP contribution is 2.30. The Morgan fingerprint density at radius 1 is 1.04 bits per heavy atom. The maximum absolute atomic E-state index is 12.8. The molecule has 0 aliphatic carbocycles. The molecule has 0 atom stereocenters. The highest BCUT2D eigenvalue weighted by Gasteiger charge is 2.44. The van der Waals surface area contributed by atoms with Crippen LogP contribution in [0.4, 0.5) is 0 Å². The van der Waals surface area contributed by atoms with Crippen molar-refractivity contribution >= 4 is 22.9 Å². The summed E-state index contributed by atoms with van der Waals surface area (Å²) in [4.78, 5) is 34.8. The van der Waals surface area contributed by atoms with Crippen LogP contribution in [0.3, 0.4) is 0 Å². The lowest BCUT2D eigenvalue weighted by molar-refractivity contribution is -0.150. The van der Waals surface area contributed by atoms with E-state index in [9.17, 15) is 14.7 Å². The molecule has 1 N–H and O–H groups in total. The quantitative estimate of drug-likeness (QED) is 0.768. The van der Waals surface area contributed by atoms with Crippen LogP contribution in [-0.4, -0.2) is 54.7 Å². The minimum atomic E-state index is -1.10. The minimum absolute atomic E-state index is 0.128. The Hall–Kier alpha value is -3.29. The summed E-state index contributed by atoms with van der Waals surface area (Å²) in [7, 11) is 0. The van der Waals surface area contributed by atoms with Gasteiger partial charge in [0, 0.05) is 56.3 Å². The molecule has 26 heavy (non-hydrogen) atoms. The van der Waals surface area contributed by atoms with Crippen LogP contribution < -0.4 is 0 Å². The summed E-state index contributed by atoms with van der Waals surface area (Å²) in [5.41, 5.74) is 0.813. The Kier molecular flexibility index (Phi) is 3.87. The lowest BCUT2D eigenvalue weighted by Gasteiger charge is -2.39. The van der Waals surface area contributed by atoms with E-state index in [1.165, 1.54) is 4.68 Å². The van der Waals surface area contributed by atoms with Crippen LogP contribution in [0, 0.1) is 0 Å². The van der Waals surface area contributed by atoms with Crippen molar-refractivity contribution in [2.45, 2.75) is 18.4 Å². The standard InChI is InChI=1S/C18H17N5O3/c24-16(13-2-3-14-15(12-13)20-8-7-19-14)22-10-4-18(5-11-22,17(25)26)23-9-1-6-21-23/h1-3,6-9,12H,4-5,10-11H2,(H,25,26). The summed E-state index contributed by atoms with van der Waals surface area (Å²) in [6.07, 6.45) is 7.04. The van der Waals surface area contributed by atoms with Gasteiger partial charge in [-0.25, -0.2) is 4.79 Å². The summed E-state index contributed by atoms with van der Waals surface area (Å²) in [6, 6.07) is 6.92. The van der Waals surface area contributed by atoms with Crippen LogP contribution in [0.15, 0.2) is 49.1 Å². The van der Waals surface area contributed by atoms with Gasteiger partial charge in [-0.15, -0.1) is 0 Å². The molecule has 1 aliphatic heterocycles. The van der Waals surface area contributed by atoms with E-state index in [0.29, 0.717) is 37.0 Å². The van der Waals surface area contributed by atoms with Crippen molar-refractivity contribution in [2.75, 3.05) is 13.1 Å². The SMILES string of the molecule is O=C(c1ccc2nccnc2c1)N1CCC(C(=O)O)(n2cccn2)CC1. The van der Waals surface area contributed by atoms with E-state index in [1.807, 2.05) is 0 Å². The summed E-state index contributed by atoms with van der Waals surface area (Å²) < 4.78 is 1.49. The smallest absolute Gasteiger partial charge is 0.331 e. The van der Waals surface area contributed by atoms with Crippen molar-refractivity contribution in [2.24, 2.45) is 0 Å². The molecule has 0 radical (unpaired) electrons. The average Bonchev–Trinajstić information content (AvgIpc) is 3.22. The Morgan fingerprint density at radius 3 is 2.42 bits per heavy atom. The van der Waals surface area contributed by atoms with E-state index in [4.69, 9.17) is 0 Å². The van der Waals surface area contributed by atoms with Crippen LogP contribution >= 0.6 is 0 Å². The van der Waals surface area contributed by atoms with Crippen LogP contribution in [0.5, 0.6) is 0 Å². The number of fused-ring (bicyclic) bond motifs is 1. The zero-order valence-corrected chi connectivity index (χ0v) is 13.9. The Labute approximate surface area is 149 Å². The summed E-state index contributed by atoms with van der Waals surface area (Å²) >= 11 is 0. The number of rotatable bonds is 3. The van der Waals surface area contributed by atoms with Crippen LogP contribution in [0.1, 0.15) is 23.2 Å². The molecule has 3 aromatic rings. The van der Waals surface area contributed by atoms with Gasteiger partial charge >= 0.3 is 5.97 Å². The summed E-state index contributed by atoms with van der Waals surface area (Å²) in [5.74, 6) is -1.05. The Balaban J connectivity index is 1.55. The Morgan fingerprint density at radius 2 is 1.77 bits per heavy atom. The maximum Gasteiger partial charge on any atom is 0.331 e. The van der Waals surface area contributed by atoms with E-state index < -0.39 is 11.5 Å². The predicted molar refractivity (Wildman–Crippen MR) is 92.5 cm³/mol. The van der Waals surface area contributed by atoms with Gasteiger partial charge in [-0.3, -0.25) is 19.4 Å². The van der Waals surface area contributed by atoms with Gasteiger partial charge in [-0.2, -0.15) is 5.10 Å². The monoisotopic (exact) mass is 351 g/mol. The number of aliphatic carboxylic acids is 1. The number of carbonyl (C=O) groups is 2. The molecule has 0 bridgehead atoms. The van der Waals surface area contributed by atoms with Crippen molar-refractivity contribution in [3.05, 3.63) is 54.6 Å². The topological polar surface area (TPSA) is 101 Å².